The predicted molar refractivity (Wildman–Crippen MR) is 89.0 cm³/mol. The second kappa shape index (κ2) is 5.96. The van der Waals surface area contributed by atoms with Gasteiger partial charge in [0, 0.05) is 30.3 Å². The Balaban J connectivity index is 1.66. The van der Waals surface area contributed by atoms with Crippen LogP contribution in [0.1, 0.15) is 16.2 Å². The zero-order valence-corrected chi connectivity index (χ0v) is 13.9. The highest BCUT2D eigenvalue weighted by Gasteiger charge is 2.28. The van der Waals surface area contributed by atoms with Gasteiger partial charge in [0.1, 0.15) is 5.58 Å². The minimum Gasteiger partial charge on any atom is -0.451 e. The lowest BCUT2D eigenvalue weighted by Crippen LogP contribution is -2.36. The lowest BCUT2D eigenvalue weighted by atomic mass is 10.2. The number of amides is 1. The smallest absolute Gasteiger partial charge is 0.290 e. The number of hydrogen-bond acceptors (Lipinski definition) is 4. The van der Waals surface area contributed by atoms with Crippen LogP contribution in [0.2, 0.25) is 5.02 Å². The van der Waals surface area contributed by atoms with Crippen LogP contribution in [0.15, 0.2) is 40.9 Å². The number of aromatic nitrogens is 2. The van der Waals surface area contributed by atoms with Crippen molar-refractivity contribution >= 4 is 28.5 Å². The molecule has 4 rings (SSSR count). The Morgan fingerprint density at radius 3 is 3.04 bits per heavy atom. The van der Waals surface area contributed by atoms with Crippen molar-refractivity contribution in [2.45, 2.75) is 19.2 Å². The fourth-order valence-electron chi connectivity index (χ4n) is 2.99. The summed E-state index contributed by atoms with van der Waals surface area (Å²) in [6, 6.07) is 8.94. The van der Waals surface area contributed by atoms with Gasteiger partial charge in [-0.2, -0.15) is 5.10 Å². The summed E-state index contributed by atoms with van der Waals surface area (Å²) in [5.74, 6) is 0.133. The summed E-state index contributed by atoms with van der Waals surface area (Å²) in [5.41, 5.74) is 1.62. The summed E-state index contributed by atoms with van der Waals surface area (Å²) in [4.78, 5) is 14.6. The van der Waals surface area contributed by atoms with Gasteiger partial charge < -0.3 is 14.1 Å². The van der Waals surface area contributed by atoms with E-state index in [1.165, 1.54) is 0 Å². The van der Waals surface area contributed by atoms with Crippen LogP contribution in [0, 0.1) is 0 Å². The third-order valence-corrected chi connectivity index (χ3v) is 4.50. The molecule has 1 amide bonds. The second-order valence-corrected chi connectivity index (χ2v) is 6.28. The molecule has 0 N–H and O–H groups in total. The molecule has 0 radical (unpaired) electrons. The normalized spacial score (nSPS) is 17.8. The largest absolute Gasteiger partial charge is 0.451 e. The Labute approximate surface area is 143 Å². The molecule has 0 fully saturated rings. The van der Waals surface area contributed by atoms with Gasteiger partial charge in [-0.3, -0.25) is 9.48 Å². The van der Waals surface area contributed by atoms with Gasteiger partial charge in [-0.1, -0.05) is 11.6 Å². The average Bonchev–Trinajstić information content (AvgIpc) is 3.15. The Hall–Kier alpha value is -2.31. The third kappa shape index (κ3) is 2.68. The zero-order chi connectivity index (χ0) is 16.7. The lowest BCUT2D eigenvalue weighted by Gasteiger charge is -2.22. The van der Waals surface area contributed by atoms with Gasteiger partial charge in [0.15, 0.2) is 5.76 Å². The van der Waals surface area contributed by atoms with Crippen LogP contribution in [0.25, 0.3) is 11.0 Å². The number of nitrogens with zero attached hydrogens (tertiary/aromatic N) is 3. The molecule has 0 aliphatic carbocycles. The van der Waals surface area contributed by atoms with E-state index in [-0.39, 0.29) is 12.0 Å². The number of hydrogen-bond donors (Lipinski definition) is 0. The molecule has 7 heteroatoms. The highest BCUT2D eigenvalue weighted by molar-refractivity contribution is 6.31. The number of carbonyl (C=O) groups excluding carboxylic acids is 1. The molecule has 0 saturated carbocycles. The average molecular weight is 346 g/mol. The molecule has 6 nitrogen and oxygen atoms in total. The molecule has 1 atom stereocenters. The summed E-state index contributed by atoms with van der Waals surface area (Å²) in [5, 5.41) is 5.71. The molecule has 3 aromatic rings. The molecule has 2 aromatic heterocycles. The number of halogens is 1. The van der Waals surface area contributed by atoms with Gasteiger partial charge >= 0.3 is 0 Å². The molecule has 0 saturated heterocycles. The zero-order valence-electron chi connectivity index (χ0n) is 13.1. The fraction of sp³-hybridized carbons (Fsp3) is 0.294. The molecule has 1 aliphatic heterocycles. The van der Waals surface area contributed by atoms with E-state index in [0.29, 0.717) is 36.0 Å². The molecule has 0 unspecified atom stereocenters. The van der Waals surface area contributed by atoms with Crippen LogP contribution in [0.5, 0.6) is 0 Å². The molecule has 0 bridgehead atoms. The minimum atomic E-state index is -0.168. The molecular formula is C17H16ClN3O3. The monoisotopic (exact) mass is 345 g/mol. The molecule has 0 spiro atoms. The highest BCUT2D eigenvalue weighted by Crippen LogP contribution is 2.25. The molecule has 24 heavy (non-hydrogen) atoms. The topological polar surface area (TPSA) is 60.5 Å². The van der Waals surface area contributed by atoms with E-state index >= 15 is 0 Å². The minimum absolute atomic E-state index is 0.117. The van der Waals surface area contributed by atoms with Crippen LogP contribution in [-0.4, -0.2) is 40.3 Å². The van der Waals surface area contributed by atoms with Gasteiger partial charge in [-0.05, 0) is 30.3 Å². The third-order valence-electron chi connectivity index (χ3n) is 4.27. The first-order valence-corrected chi connectivity index (χ1v) is 8.03. The number of carbonyl (C=O) groups is 1. The summed E-state index contributed by atoms with van der Waals surface area (Å²) < 4.78 is 13.1. The Morgan fingerprint density at radius 2 is 2.21 bits per heavy atom. The van der Waals surface area contributed by atoms with Crippen molar-refractivity contribution in [2.75, 3.05) is 13.7 Å². The number of rotatable bonds is 2. The van der Waals surface area contributed by atoms with Gasteiger partial charge in [-0.25, -0.2) is 0 Å². The standard InChI is InChI=1S/C17H16ClN3O3/c1-23-14-9-20(8-13-4-5-19-21(13)10-14)17(22)16-7-11-6-12(18)2-3-15(11)24-16/h2-7,14H,8-10H2,1H3/t14-/m1/s1. The van der Waals surface area contributed by atoms with E-state index in [1.54, 1.807) is 42.5 Å². The van der Waals surface area contributed by atoms with Crippen LogP contribution in [0.4, 0.5) is 0 Å². The second-order valence-electron chi connectivity index (χ2n) is 5.84. The molecule has 1 aliphatic rings. The van der Waals surface area contributed by atoms with Crippen LogP contribution in [-0.2, 0) is 17.8 Å². The summed E-state index contributed by atoms with van der Waals surface area (Å²) in [6.45, 7) is 1.57. The van der Waals surface area contributed by atoms with E-state index in [1.807, 2.05) is 10.7 Å². The molecule has 1 aromatic carbocycles. The van der Waals surface area contributed by atoms with Crippen molar-refractivity contribution in [1.82, 2.24) is 14.7 Å². The van der Waals surface area contributed by atoms with Gasteiger partial charge in [0.05, 0.1) is 24.9 Å². The van der Waals surface area contributed by atoms with Gasteiger partial charge in [-0.15, -0.1) is 0 Å². The van der Waals surface area contributed by atoms with Crippen molar-refractivity contribution < 1.29 is 13.9 Å². The van der Waals surface area contributed by atoms with E-state index in [2.05, 4.69) is 5.10 Å². The van der Waals surface area contributed by atoms with Crippen LogP contribution >= 0.6 is 11.6 Å². The fourth-order valence-corrected chi connectivity index (χ4v) is 3.18. The number of benzene rings is 1. The molecular weight excluding hydrogens is 330 g/mol. The number of furan rings is 1. The maximum Gasteiger partial charge on any atom is 0.290 e. The van der Waals surface area contributed by atoms with Gasteiger partial charge in [0.2, 0.25) is 0 Å². The van der Waals surface area contributed by atoms with E-state index in [0.717, 1.165) is 11.1 Å². The summed E-state index contributed by atoms with van der Waals surface area (Å²) in [7, 11) is 1.64. The van der Waals surface area contributed by atoms with Crippen molar-refractivity contribution in [3.8, 4) is 0 Å². The predicted octanol–water partition coefficient (Wildman–Crippen LogP) is 2.95. The van der Waals surface area contributed by atoms with Gasteiger partial charge in [0.25, 0.3) is 5.91 Å². The Kier molecular flexibility index (Phi) is 3.78. The quantitative estimate of drug-likeness (QED) is 0.716. The number of fused-ring (bicyclic) bond motifs is 2. The maximum absolute atomic E-state index is 12.9. The first kappa shape index (κ1) is 15.2. The van der Waals surface area contributed by atoms with Crippen molar-refractivity contribution in [3.63, 3.8) is 0 Å². The summed E-state index contributed by atoms with van der Waals surface area (Å²) in [6.07, 6.45) is 1.62. The Morgan fingerprint density at radius 1 is 1.33 bits per heavy atom. The van der Waals surface area contributed by atoms with Crippen molar-refractivity contribution in [3.05, 3.63) is 53.0 Å². The first-order chi connectivity index (χ1) is 11.6. The Bertz CT molecular complexity index is 902. The lowest BCUT2D eigenvalue weighted by molar-refractivity contribution is 0.0432. The number of methoxy groups -OCH3 is 1. The van der Waals surface area contributed by atoms with Crippen LogP contribution in [0.3, 0.4) is 0 Å². The SMILES string of the molecule is CO[C@@H]1CN(C(=O)c2cc3cc(Cl)ccc3o2)Cc2ccnn2C1. The van der Waals surface area contributed by atoms with E-state index in [4.69, 9.17) is 20.8 Å². The number of ether oxygens (including phenoxy) is 1. The van der Waals surface area contributed by atoms with E-state index < -0.39 is 0 Å². The van der Waals surface area contributed by atoms with Crippen molar-refractivity contribution in [2.24, 2.45) is 0 Å². The molecule has 3 heterocycles. The summed E-state index contributed by atoms with van der Waals surface area (Å²) >= 11 is 6.00. The molecule has 124 valence electrons. The van der Waals surface area contributed by atoms with Crippen molar-refractivity contribution in [1.29, 1.82) is 0 Å². The van der Waals surface area contributed by atoms with Crippen LogP contribution < -0.4 is 0 Å². The van der Waals surface area contributed by atoms with E-state index in [9.17, 15) is 4.79 Å². The first-order valence-electron chi connectivity index (χ1n) is 7.66. The highest BCUT2D eigenvalue weighted by atomic mass is 35.5. The maximum atomic E-state index is 12.9.